The van der Waals surface area contributed by atoms with E-state index in [1.807, 2.05) is 0 Å². The van der Waals surface area contributed by atoms with Gasteiger partial charge >= 0.3 is 0 Å². The molecule has 5 atom stereocenters. The van der Waals surface area contributed by atoms with Crippen LogP contribution in [-0.2, 0) is 9.59 Å². The number of hydrogen-bond donors (Lipinski definition) is 2. The van der Waals surface area contributed by atoms with Crippen LogP contribution >= 0.6 is 0 Å². The van der Waals surface area contributed by atoms with Crippen LogP contribution in [0.3, 0.4) is 0 Å². The van der Waals surface area contributed by atoms with Gasteiger partial charge in [0.1, 0.15) is 0 Å². The lowest BCUT2D eigenvalue weighted by atomic mass is 9.92. The van der Waals surface area contributed by atoms with Crippen molar-refractivity contribution in [2.75, 3.05) is 6.54 Å². The van der Waals surface area contributed by atoms with Crippen molar-refractivity contribution in [1.29, 1.82) is 0 Å². The molecule has 3 aliphatic carbocycles. The monoisotopic (exact) mass is 222 g/mol. The molecule has 88 valence electrons. The predicted molar refractivity (Wildman–Crippen MR) is 58.1 cm³/mol. The minimum absolute atomic E-state index is 0.0110. The summed E-state index contributed by atoms with van der Waals surface area (Å²) in [7, 11) is 0. The number of fused-ring (bicyclic) bond motifs is 3. The highest BCUT2D eigenvalue weighted by Crippen LogP contribution is 2.66. The van der Waals surface area contributed by atoms with Gasteiger partial charge in [-0.3, -0.25) is 9.59 Å². The largest absolute Gasteiger partial charge is 0.368 e. The molecule has 4 heteroatoms. The molecule has 0 aliphatic heterocycles. The fourth-order valence-corrected chi connectivity index (χ4v) is 4.16. The molecule has 3 N–H and O–H groups in total. The number of nitrogens with two attached hydrogens (primary N) is 1. The molecular weight excluding hydrogens is 204 g/mol. The van der Waals surface area contributed by atoms with Gasteiger partial charge in [-0.15, -0.1) is 0 Å². The molecule has 0 radical (unpaired) electrons. The summed E-state index contributed by atoms with van der Waals surface area (Å²) in [5.41, 5.74) is 5.01. The van der Waals surface area contributed by atoms with Gasteiger partial charge in [0.05, 0.1) is 6.54 Å². The van der Waals surface area contributed by atoms with Crippen LogP contribution in [0.5, 0.6) is 0 Å². The molecule has 5 unspecified atom stereocenters. The average molecular weight is 222 g/mol. The molecule has 0 heterocycles. The zero-order valence-corrected chi connectivity index (χ0v) is 9.32. The summed E-state index contributed by atoms with van der Waals surface area (Å²) in [4.78, 5) is 22.4. The SMILES string of the molecule is NC(=O)CNC(=O)C1C2CC3CCCC3C21. The Morgan fingerprint density at radius 1 is 1.25 bits per heavy atom. The van der Waals surface area contributed by atoms with Gasteiger partial charge in [0.2, 0.25) is 11.8 Å². The fourth-order valence-electron chi connectivity index (χ4n) is 4.16. The highest BCUT2D eigenvalue weighted by Gasteiger charge is 2.64. The first-order valence-corrected chi connectivity index (χ1v) is 6.24. The molecule has 0 aromatic heterocycles. The van der Waals surface area contributed by atoms with E-state index in [1.165, 1.54) is 25.7 Å². The summed E-state index contributed by atoms with van der Waals surface area (Å²) in [6.07, 6.45) is 5.26. The van der Waals surface area contributed by atoms with E-state index in [0.29, 0.717) is 11.8 Å². The quantitative estimate of drug-likeness (QED) is 0.719. The highest BCUT2D eigenvalue weighted by atomic mass is 16.2. The van der Waals surface area contributed by atoms with Crippen LogP contribution in [0.25, 0.3) is 0 Å². The zero-order chi connectivity index (χ0) is 11.3. The second kappa shape index (κ2) is 3.47. The number of hydrogen-bond acceptors (Lipinski definition) is 2. The Kier molecular flexibility index (Phi) is 2.19. The maximum Gasteiger partial charge on any atom is 0.236 e. The van der Waals surface area contributed by atoms with Crippen LogP contribution in [0.15, 0.2) is 0 Å². The molecule has 3 rings (SSSR count). The Balaban J connectivity index is 1.56. The van der Waals surface area contributed by atoms with Crippen LogP contribution in [0, 0.1) is 29.6 Å². The Bertz CT molecular complexity index is 342. The van der Waals surface area contributed by atoms with Crippen molar-refractivity contribution in [3.8, 4) is 0 Å². The van der Waals surface area contributed by atoms with Gasteiger partial charge in [0, 0.05) is 5.92 Å². The van der Waals surface area contributed by atoms with E-state index in [2.05, 4.69) is 5.32 Å². The average Bonchev–Trinajstić information content (AvgIpc) is 2.59. The molecule has 0 spiro atoms. The van der Waals surface area contributed by atoms with Crippen molar-refractivity contribution < 1.29 is 9.59 Å². The first kappa shape index (κ1) is 10.1. The Morgan fingerprint density at radius 3 is 2.81 bits per heavy atom. The number of primary amides is 1. The van der Waals surface area contributed by atoms with Gasteiger partial charge < -0.3 is 11.1 Å². The Morgan fingerprint density at radius 2 is 2.06 bits per heavy atom. The number of carbonyl (C=O) groups is 2. The lowest BCUT2D eigenvalue weighted by Crippen LogP contribution is -2.35. The first-order chi connectivity index (χ1) is 7.68. The lowest BCUT2D eigenvalue weighted by Gasteiger charge is -2.15. The summed E-state index contributed by atoms with van der Waals surface area (Å²) in [6.45, 7) is -0.0110. The van der Waals surface area contributed by atoms with E-state index in [0.717, 1.165) is 11.8 Å². The number of carbonyl (C=O) groups excluding carboxylic acids is 2. The second-order valence-electron chi connectivity index (χ2n) is 5.54. The van der Waals surface area contributed by atoms with Gasteiger partial charge in [0.25, 0.3) is 0 Å². The van der Waals surface area contributed by atoms with E-state index in [-0.39, 0.29) is 18.4 Å². The van der Waals surface area contributed by atoms with E-state index in [4.69, 9.17) is 5.73 Å². The van der Waals surface area contributed by atoms with Crippen LogP contribution in [-0.4, -0.2) is 18.4 Å². The summed E-state index contributed by atoms with van der Waals surface area (Å²) >= 11 is 0. The second-order valence-corrected chi connectivity index (χ2v) is 5.54. The van der Waals surface area contributed by atoms with E-state index >= 15 is 0 Å². The molecule has 0 aromatic rings. The van der Waals surface area contributed by atoms with E-state index in [1.54, 1.807) is 0 Å². The fraction of sp³-hybridized carbons (Fsp3) is 0.833. The van der Waals surface area contributed by atoms with Gasteiger partial charge in [-0.2, -0.15) is 0 Å². The summed E-state index contributed by atoms with van der Waals surface area (Å²) in [5, 5.41) is 2.64. The van der Waals surface area contributed by atoms with Crippen molar-refractivity contribution >= 4 is 11.8 Å². The van der Waals surface area contributed by atoms with E-state index < -0.39 is 5.91 Å². The van der Waals surface area contributed by atoms with Gasteiger partial charge in [0.15, 0.2) is 0 Å². The maximum absolute atomic E-state index is 11.8. The number of rotatable bonds is 3. The van der Waals surface area contributed by atoms with Gasteiger partial charge in [-0.25, -0.2) is 0 Å². The molecule has 16 heavy (non-hydrogen) atoms. The number of amides is 2. The smallest absolute Gasteiger partial charge is 0.236 e. The van der Waals surface area contributed by atoms with Crippen LogP contribution in [0.2, 0.25) is 0 Å². The standard InChI is InChI=1S/C12H18N2O2/c13-9(15)5-14-12(16)11-8-4-6-2-1-3-7(6)10(8)11/h6-8,10-11H,1-5H2,(H2,13,15)(H,14,16). The van der Waals surface area contributed by atoms with E-state index in [9.17, 15) is 9.59 Å². The molecule has 4 nitrogen and oxygen atoms in total. The molecule has 0 saturated heterocycles. The number of nitrogens with one attached hydrogen (secondary N) is 1. The zero-order valence-electron chi connectivity index (χ0n) is 9.32. The molecule has 3 saturated carbocycles. The predicted octanol–water partition coefficient (Wildman–Crippen LogP) is 0.270. The third-order valence-corrected chi connectivity index (χ3v) is 4.76. The highest BCUT2D eigenvalue weighted by molar-refractivity contribution is 5.87. The third-order valence-electron chi connectivity index (χ3n) is 4.76. The molecule has 0 aromatic carbocycles. The Labute approximate surface area is 94.9 Å². The van der Waals surface area contributed by atoms with Gasteiger partial charge in [-0.1, -0.05) is 12.8 Å². The minimum Gasteiger partial charge on any atom is -0.368 e. The summed E-state index contributed by atoms with van der Waals surface area (Å²) < 4.78 is 0. The normalized spacial score (nSPS) is 43.6. The molecular formula is C12H18N2O2. The molecule has 3 aliphatic rings. The van der Waals surface area contributed by atoms with Crippen molar-refractivity contribution in [2.45, 2.75) is 25.7 Å². The lowest BCUT2D eigenvalue weighted by molar-refractivity contribution is -0.126. The summed E-state index contributed by atoms with van der Waals surface area (Å²) in [6, 6.07) is 0. The van der Waals surface area contributed by atoms with Crippen LogP contribution in [0.1, 0.15) is 25.7 Å². The topological polar surface area (TPSA) is 72.2 Å². The van der Waals surface area contributed by atoms with Crippen molar-refractivity contribution in [1.82, 2.24) is 5.32 Å². The van der Waals surface area contributed by atoms with Crippen molar-refractivity contribution in [3.05, 3.63) is 0 Å². The minimum atomic E-state index is -0.460. The van der Waals surface area contributed by atoms with Gasteiger partial charge in [-0.05, 0) is 36.5 Å². The molecule has 2 amide bonds. The third kappa shape index (κ3) is 1.43. The first-order valence-electron chi connectivity index (χ1n) is 6.24. The maximum atomic E-state index is 11.8. The van der Waals surface area contributed by atoms with Crippen LogP contribution in [0.4, 0.5) is 0 Å². The summed E-state index contributed by atoms with van der Waals surface area (Å²) in [5.74, 6) is 2.73. The van der Waals surface area contributed by atoms with Crippen molar-refractivity contribution in [2.24, 2.45) is 35.3 Å². The molecule has 0 bridgehead atoms. The van der Waals surface area contributed by atoms with Crippen LogP contribution < -0.4 is 11.1 Å². The Hall–Kier alpha value is -1.06. The van der Waals surface area contributed by atoms with Crippen molar-refractivity contribution in [3.63, 3.8) is 0 Å². The molecule has 3 fully saturated rings.